The maximum Gasteiger partial charge on any atom is 0.255 e. The van der Waals surface area contributed by atoms with Crippen molar-refractivity contribution in [2.24, 2.45) is 0 Å². The molecule has 0 aliphatic carbocycles. The minimum absolute atomic E-state index is 0.130. The van der Waals surface area contributed by atoms with E-state index in [0.29, 0.717) is 5.56 Å². The molecule has 0 saturated heterocycles. The molecule has 3 nitrogen and oxygen atoms in total. The minimum atomic E-state index is -0.130. The summed E-state index contributed by atoms with van der Waals surface area (Å²) in [6.07, 6.45) is 0. The van der Waals surface area contributed by atoms with Crippen LogP contribution in [0.15, 0.2) is 71.2 Å². The molecule has 3 aromatic carbocycles. The van der Waals surface area contributed by atoms with E-state index in [9.17, 15) is 4.79 Å². The van der Waals surface area contributed by atoms with Gasteiger partial charge in [0.05, 0.1) is 10.2 Å². The lowest BCUT2D eigenvalue weighted by Gasteiger charge is -2.06. The van der Waals surface area contributed by atoms with Gasteiger partial charge in [-0.25, -0.2) is 4.98 Å². The van der Waals surface area contributed by atoms with Gasteiger partial charge in [0.25, 0.3) is 5.91 Å². The number of rotatable bonds is 3. The van der Waals surface area contributed by atoms with Crippen LogP contribution in [0.5, 0.6) is 0 Å². The highest BCUT2D eigenvalue weighted by atomic mass is 79.9. The fourth-order valence-electron chi connectivity index (χ4n) is 2.69. The van der Waals surface area contributed by atoms with Crippen LogP contribution in [0.1, 0.15) is 15.9 Å². The molecule has 0 atom stereocenters. The molecule has 0 bridgehead atoms. The zero-order chi connectivity index (χ0) is 18.1. The summed E-state index contributed by atoms with van der Waals surface area (Å²) >= 11 is 5.06. The van der Waals surface area contributed by atoms with Crippen LogP contribution >= 0.6 is 27.3 Å². The van der Waals surface area contributed by atoms with E-state index in [0.717, 1.165) is 26.2 Å². The average molecular weight is 423 g/mol. The SMILES string of the molecule is Cc1ccc2sc(-c3ccc(NC(=O)c4cccc(Br)c4)cc3)nc2c1. The Hall–Kier alpha value is -2.50. The molecule has 0 fully saturated rings. The normalized spacial score (nSPS) is 10.8. The van der Waals surface area contributed by atoms with Gasteiger partial charge in [-0.1, -0.05) is 28.1 Å². The summed E-state index contributed by atoms with van der Waals surface area (Å²) in [6, 6.07) is 21.4. The Morgan fingerprint density at radius 2 is 1.85 bits per heavy atom. The predicted molar refractivity (Wildman–Crippen MR) is 112 cm³/mol. The van der Waals surface area contributed by atoms with Crippen LogP contribution in [0, 0.1) is 6.92 Å². The second-order valence-electron chi connectivity index (χ2n) is 6.03. The van der Waals surface area contributed by atoms with E-state index in [1.807, 2.05) is 36.4 Å². The fourth-order valence-corrected chi connectivity index (χ4v) is 4.04. The molecule has 128 valence electrons. The summed E-state index contributed by atoms with van der Waals surface area (Å²) in [4.78, 5) is 17.0. The third-order valence-electron chi connectivity index (χ3n) is 4.02. The number of benzene rings is 3. The van der Waals surface area contributed by atoms with Gasteiger partial charge in [0, 0.05) is 21.3 Å². The number of carbonyl (C=O) groups excluding carboxylic acids is 1. The first-order valence-corrected chi connectivity index (χ1v) is 9.74. The molecular weight excluding hydrogens is 408 g/mol. The molecular formula is C21H15BrN2OS. The van der Waals surface area contributed by atoms with E-state index < -0.39 is 0 Å². The number of aryl methyl sites for hydroxylation is 1. The van der Waals surface area contributed by atoms with Crippen molar-refractivity contribution in [1.29, 1.82) is 0 Å². The van der Waals surface area contributed by atoms with Crippen molar-refractivity contribution in [1.82, 2.24) is 4.98 Å². The maximum atomic E-state index is 12.3. The summed E-state index contributed by atoms with van der Waals surface area (Å²) in [5.41, 5.74) is 4.65. The molecule has 0 unspecified atom stereocenters. The van der Waals surface area contributed by atoms with Gasteiger partial charge in [-0.3, -0.25) is 4.79 Å². The van der Waals surface area contributed by atoms with Crippen LogP contribution in [0.4, 0.5) is 5.69 Å². The highest BCUT2D eigenvalue weighted by molar-refractivity contribution is 9.10. The zero-order valence-corrected chi connectivity index (χ0v) is 16.4. The number of halogens is 1. The molecule has 1 amide bonds. The van der Waals surface area contributed by atoms with Crippen LogP contribution < -0.4 is 5.32 Å². The number of hydrogen-bond donors (Lipinski definition) is 1. The van der Waals surface area contributed by atoms with Crippen LogP contribution in [0.25, 0.3) is 20.8 Å². The first-order chi connectivity index (χ1) is 12.6. The third kappa shape index (κ3) is 3.54. The minimum Gasteiger partial charge on any atom is -0.322 e. The Morgan fingerprint density at radius 3 is 2.62 bits per heavy atom. The summed E-state index contributed by atoms with van der Waals surface area (Å²) in [6.45, 7) is 2.07. The Labute approximate surface area is 163 Å². The van der Waals surface area contributed by atoms with E-state index in [1.54, 1.807) is 23.5 Å². The zero-order valence-electron chi connectivity index (χ0n) is 14.0. The topological polar surface area (TPSA) is 42.0 Å². The summed E-state index contributed by atoms with van der Waals surface area (Å²) < 4.78 is 2.06. The van der Waals surface area contributed by atoms with Crippen molar-refractivity contribution in [3.8, 4) is 10.6 Å². The van der Waals surface area contributed by atoms with Crippen LogP contribution in [0.3, 0.4) is 0 Å². The van der Waals surface area contributed by atoms with Crippen molar-refractivity contribution < 1.29 is 4.79 Å². The first-order valence-electron chi connectivity index (χ1n) is 8.13. The number of carbonyl (C=O) groups is 1. The van der Waals surface area contributed by atoms with Gasteiger partial charge in [-0.05, 0) is 67.1 Å². The molecule has 5 heteroatoms. The van der Waals surface area contributed by atoms with Gasteiger partial charge in [0.1, 0.15) is 5.01 Å². The highest BCUT2D eigenvalue weighted by Gasteiger charge is 2.09. The van der Waals surface area contributed by atoms with Gasteiger partial charge in [0.15, 0.2) is 0 Å². The summed E-state index contributed by atoms with van der Waals surface area (Å²) in [5, 5.41) is 3.90. The van der Waals surface area contributed by atoms with Crippen LogP contribution in [-0.4, -0.2) is 10.9 Å². The fraction of sp³-hybridized carbons (Fsp3) is 0.0476. The monoisotopic (exact) mass is 422 g/mol. The highest BCUT2D eigenvalue weighted by Crippen LogP contribution is 2.31. The largest absolute Gasteiger partial charge is 0.322 e. The summed E-state index contributed by atoms with van der Waals surface area (Å²) in [7, 11) is 0. The molecule has 1 N–H and O–H groups in total. The quantitative estimate of drug-likeness (QED) is 0.421. The van der Waals surface area contributed by atoms with E-state index in [1.165, 1.54) is 10.3 Å². The van der Waals surface area contributed by atoms with Crippen molar-refractivity contribution in [3.05, 3.63) is 82.3 Å². The van der Waals surface area contributed by atoms with Crippen molar-refractivity contribution in [3.63, 3.8) is 0 Å². The Kier molecular flexibility index (Phi) is 4.57. The Balaban J connectivity index is 1.55. The Morgan fingerprint density at radius 1 is 1.04 bits per heavy atom. The lowest BCUT2D eigenvalue weighted by Crippen LogP contribution is -2.11. The maximum absolute atomic E-state index is 12.3. The van der Waals surface area contributed by atoms with Gasteiger partial charge in [-0.15, -0.1) is 11.3 Å². The second kappa shape index (κ2) is 7.02. The van der Waals surface area contributed by atoms with E-state index >= 15 is 0 Å². The molecule has 4 aromatic rings. The Bertz CT molecular complexity index is 1100. The molecule has 4 rings (SSSR count). The van der Waals surface area contributed by atoms with Gasteiger partial charge in [0.2, 0.25) is 0 Å². The number of nitrogens with zero attached hydrogens (tertiary/aromatic N) is 1. The number of aromatic nitrogens is 1. The number of fused-ring (bicyclic) bond motifs is 1. The van der Waals surface area contributed by atoms with Crippen LogP contribution in [0.2, 0.25) is 0 Å². The number of thiazole rings is 1. The molecule has 0 spiro atoms. The standard InChI is InChI=1S/C21H15BrN2OS/c1-13-5-10-19-18(11-13)24-21(26-19)14-6-8-17(9-7-14)23-20(25)15-3-2-4-16(22)12-15/h2-12H,1H3,(H,23,25). The number of amides is 1. The molecule has 0 saturated carbocycles. The lowest BCUT2D eigenvalue weighted by molar-refractivity contribution is 0.102. The van der Waals surface area contributed by atoms with Crippen LogP contribution in [-0.2, 0) is 0 Å². The van der Waals surface area contributed by atoms with E-state index in [4.69, 9.17) is 4.98 Å². The smallest absolute Gasteiger partial charge is 0.255 e. The second-order valence-corrected chi connectivity index (χ2v) is 7.98. The van der Waals surface area contributed by atoms with Gasteiger partial charge in [-0.2, -0.15) is 0 Å². The first kappa shape index (κ1) is 16.9. The lowest BCUT2D eigenvalue weighted by atomic mass is 10.2. The molecule has 0 aliphatic heterocycles. The molecule has 0 aliphatic rings. The number of anilines is 1. The predicted octanol–water partition coefficient (Wildman–Crippen LogP) is 6.29. The van der Waals surface area contributed by atoms with Crippen molar-refractivity contribution >= 4 is 49.1 Å². The molecule has 1 heterocycles. The summed E-state index contributed by atoms with van der Waals surface area (Å²) in [5.74, 6) is -0.130. The third-order valence-corrected chi connectivity index (χ3v) is 5.60. The van der Waals surface area contributed by atoms with Gasteiger partial charge >= 0.3 is 0 Å². The number of nitrogens with one attached hydrogen (secondary N) is 1. The van der Waals surface area contributed by atoms with Crippen molar-refractivity contribution in [2.75, 3.05) is 5.32 Å². The molecule has 0 radical (unpaired) electrons. The van der Waals surface area contributed by atoms with E-state index in [2.05, 4.69) is 46.4 Å². The van der Waals surface area contributed by atoms with Gasteiger partial charge < -0.3 is 5.32 Å². The van der Waals surface area contributed by atoms with Crippen molar-refractivity contribution in [2.45, 2.75) is 6.92 Å². The number of hydrogen-bond acceptors (Lipinski definition) is 3. The molecule has 26 heavy (non-hydrogen) atoms. The van der Waals surface area contributed by atoms with E-state index in [-0.39, 0.29) is 5.91 Å². The molecule has 1 aromatic heterocycles. The average Bonchev–Trinajstić information content (AvgIpc) is 3.05.